The van der Waals surface area contributed by atoms with Crippen LogP contribution in [0.4, 0.5) is 0 Å². The highest BCUT2D eigenvalue weighted by Gasteiger charge is 2.37. The van der Waals surface area contributed by atoms with Gasteiger partial charge in [-0.25, -0.2) is 0 Å². The fraction of sp³-hybridized carbons (Fsp3) is 0.750. The summed E-state index contributed by atoms with van der Waals surface area (Å²) in [6, 6.07) is 0. The van der Waals surface area contributed by atoms with Crippen molar-refractivity contribution in [1.29, 1.82) is 0 Å². The molecule has 0 rings (SSSR count). The van der Waals surface area contributed by atoms with Gasteiger partial charge in [0.2, 0.25) is 0 Å². The average molecular weight is 172 g/mol. The molecule has 0 aliphatic carbocycles. The van der Waals surface area contributed by atoms with E-state index in [1.165, 1.54) is 13.8 Å². The maximum absolute atomic E-state index is 11.0. The Balaban J connectivity index is 4.71. The van der Waals surface area contributed by atoms with E-state index in [0.717, 1.165) is 0 Å². The van der Waals surface area contributed by atoms with E-state index in [0.29, 0.717) is 6.42 Å². The average Bonchev–Trinajstić information content (AvgIpc) is 1.86. The van der Waals surface area contributed by atoms with Crippen molar-refractivity contribution >= 4 is 11.6 Å². The summed E-state index contributed by atoms with van der Waals surface area (Å²) in [6.45, 7) is 4.47. The lowest BCUT2D eigenvalue weighted by molar-refractivity contribution is -0.131. The zero-order valence-corrected chi connectivity index (χ0v) is 7.76. The van der Waals surface area contributed by atoms with Crippen LogP contribution in [-0.2, 0) is 9.59 Å². The Labute approximate surface area is 72.3 Å². The van der Waals surface area contributed by atoms with Gasteiger partial charge in [-0.3, -0.25) is 9.59 Å². The van der Waals surface area contributed by atoms with Gasteiger partial charge in [-0.05, 0) is 20.3 Å². The third kappa shape index (κ3) is 2.12. The second kappa shape index (κ2) is 3.78. The van der Waals surface area contributed by atoms with Crippen molar-refractivity contribution < 1.29 is 9.59 Å². The van der Waals surface area contributed by atoms with Crippen molar-refractivity contribution in [3.05, 3.63) is 0 Å². The normalized spacial score (nSPS) is 14.1. The molecule has 0 saturated heterocycles. The highest BCUT2D eigenvalue weighted by molar-refractivity contribution is 5.92. The molecule has 4 nitrogen and oxygen atoms in total. The van der Waals surface area contributed by atoms with Crippen LogP contribution >= 0.6 is 0 Å². The Morgan fingerprint density at radius 3 is 1.83 bits per heavy atom. The minimum atomic E-state index is -1.50. The third-order valence-corrected chi connectivity index (χ3v) is 2.09. The van der Waals surface area contributed by atoms with Crippen LogP contribution in [0.3, 0.4) is 0 Å². The van der Waals surface area contributed by atoms with Crippen LogP contribution in [0.25, 0.3) is 0 Å². The van der Waals surface area contributed by atoms with E-state index in [1.54, 1.807) is 6.92 Å². The molecule has 0 heterocycles. The second-order valence-electron chi connectivity index (χ2n) is 3.06. The highest BCUT2D eigenvalue weighted by atomic mass is 16.1. The molecule has 0 bridgehead atoms. The topological polar surface area (TPSA) is 86.2 Å². The van der Waals surface area contributed by atoms with Crippen LogP contribution < -0.4 is 11.5 Å². The molecular formula is C8H16N2O2. The smallest absolute Gasteiger partial charge is 0.164 e. The van der Waals surface area contributed by atoms with E-state index in [-0.39, 0.29) is 11.6 Å². The predicted octanol–water partition coefficient (Wildman–Crippen LogP) is -0.196. The van der Waals surface area contributed by atoms with Gasteiger partial charge in [0.25, 0.3) is 0 Å². The summed E-state index contributed by atoms with van der Waals surface area (Å²) in [5.41, 5.74) is 9.55. The number of ketones is 2. The first kappa shape index (κ1) is 11.3. The van der Waals surface area contributed by atoms with Gasteiger partial charge >= 0.3 is 0 Å². The van der Waals surface area contributed by atoms with Crippen molar-refractivity contribution in [1.82, 2.24) is 0 Å². The van der Waals surface area contributed by atoms with E-state index < -0.39 is 11.6 Å². The minimum Gasteiger partial charge on any atom is -0.307 e. The molecular weight excluding hydrogens is 156 g/mol. The van der Waals surface area contributed by atoms with Gasteiger partial charge in [0, 0.05) is 0 Å². The van der Waals surface area contributed by atoms with Gasteiger partial charge in [0.15, 0.2) is 5.78 Å². The van der Waals surface area contributed by atoms with Crippen molar-refractivity contribution in [2.75, 3.05) is 0 Å². The molecule has 1 atom stereocenters. The first-order valence-corrected chi connectivity index (χ1v) is 3.93. The second-order valence-corrected chi connectivity index (χ2v) is 3.06. The van der Waals surface area contributed by atoms with Gasteiger partial charge in [-0.15, -0.1) is 0 Å². The van der Waals surface area contributed by atoms with Gasteiger partial charge in [0.05, 0.1) is 5.92 Å². The SMILES string of the molecule is CCC(C(C)=O)C(N)(N)C(C)=O. The molecule has 0 spiro atoms. The number of hydrogen-bond acceptors (Lipinski definition) is 4. The number of hydrogen-bond donors (Lipinski definition) is 2. The predicted molar refractivity (Wildman–Crippen MR) is 46.2 cm³/mol. The summed E-state index contributed by atoms with van der Waals surface area (Å²) in [5, 5.41) is 0. The monoisotopic (exact) mass is 172 g/mol. The number of Topliss-reactive ketones (excluding diaryl/α,β-unsaturated/α-hetero) is 2. The van der Waals surface area contributed by atoms with Gasteiger partial charge in [-0.1, -0.05) is 6.92 Å². The zero-order chi connectivity index (χ0) is 9.94. The summed E-state index contributed by atoms with van der Waals surface area (Å²) in [4.78, 5) is 22.0. The lowest BCUT2D eigenvalue weighted by Crippen LogP contribution is -2.62. The van der Waals surface area contributed by atoms with Gasteiger partial charge in [-0.2, -0.15) is 0 Å². The molecule has 0 aliphatic rings. The Bertz CT molecular complexity index is 199. The third-order valence-electron chi connectivity index (χ3n) is 2.09. The molecule has 0 aromatic carbocycles. The minimum absolute atomic E-state index is 0.141. The maximum Gasteiger partial charge on any atom is 0.164 e. The van der Waals surface area contributed by atoms with E-state index >= 15 is 0 Å². The fourth-order valence-corrected chi connectivity index (χ4v) is 1.21. The molecule has 70 valence electrons. The van der Waals surface area contributed by atoms with Crippen molar-refractivity contribution in [2.45, 2.75) is 32.9 Å². The van der Waals surface area contributed by atoms with E-state index in [2.05, 4.69) is 0 Å². The van der Waals surface area contributed by atoms with Gasteiger partial charge < -0.3 is 11.5 Å². The van der Waals surface area contributed by atoms with E-state index in [4.69, 9.17) is 11.5 Å². The molecule has 0 radical (unpaired) electrons. The molecule has 0 aliphatic heterocycles. The summed E-state index contributed by atoms with van der Waals surface area (Å²) in [6.07, 6.45) is 0.488. The summed E-state index contributed by atoms with van der Waals surface area (Å²) >= 11 is 0. The molecule has 1 unspecified atom stereocenters. The first-order chi connectivity index (χ1) is 5.34. The molecule has 0 aromatic heterocycles. The molecule has 0 saturated carbocycles. The highest BCUT2D eigenvalue weighted by Crippen LogP contribution is 2.15. The van der Waals surface area contributed by atoms with Crippen LogP contribution in [0.5, 0.6) is 0 Å². The summed E-state index contributed by atoms with van der Waals surface area (Å²) in [7, 11) is 0. The van der Waals surface area contributed by atoms with E-state index in [9.17, 15) is 9.59 Å². The lowest BCUT2D eigenvalue weighted by Gasteiger charge is -2.28. The van der Waals surface area contributed by atoms with Crippen molar-refractivity contribution in [2.24, 2.45) is 17.4 Å². The molecule has 4 N–H and O–H groups in total. The van der Waals surface area contributed by atoms with Crippen molar-refractivity contribution in [3.63, 3.8) is 0 Å². The Kier molecular flexibility index (Phi) is 3.55. The first-order valence-electron chi connectivity index (χ1n) is 3.93. The summed E-state index contributed by atoms with van der Waals surface area (Å²) in [5.74, 6) is -1.07. The Morgan fingerprint density at radius 1 is 1.33 bits per heavy atom. The standard InChI is InChI=1S/C8H16N2O2/c1-4-7(5(2)11)8(9,10)6(3)12/h7H,4,9-10H2,1-3H3. The van der Waals surface area contributed by atoms with E-state index in [1.807, 2.05) is 0 Å². The van der Waals surface area contributed by atoms with Crippen LogP contribution in [0.15, 0.2) is 0 Å². The van der Waals surface area contributed by atoms with Crippen LogP contribution in [0.1, 0.15) is 27.2 Å². The Hall–Kier alpha value is -0.740. The van der Waals surface area contributed by atoms with Crippen LogP contribution in [-0.4, -0.2) is 17.2 Å². The van der Waals surface area contributed by atoms with Crippen LogP contribution in [0.2, 0.25) is 0 Å². The summed E-state index contributed by atoms with van der Waals surface area (Å²) < 4.78 is 0. The van der Waals surface area contributed by atoms with Crippen LogP contribution in [0, 0.1) is 5.92 Å². The molecule has 0 aromatic rings. The maximum atomic E-state index is 11.0. The Morgan fingerprint density at radius 2 is 1.75 bits per heavy atom. The number of carbonyl (C=O) groups is 2. The largest absolute Gasteiger partial charge is 0.307 e. The molecule has 4 heteroatoms. The lowest BCUT2D eigenvalue weighted by atomic mass is 9.85. The quantitative estimate of drug-likeness (QED) is 0.575. The fourth-order valence-electron chi connectivity index (χ4n) is 1.21. The molecule has 0 amide bonds. The molecule has 12 heavy (non-hydrogen) atoms. The number of carbonyl (C=O) groups excluding carboxylic acids is 2. The number of nitrogens with two attached hydrogens (primary N) is 2. The van der Waals surface area contributed by atoms with Gasteiger partial charge in [0.1, 0.15) is 11.4 Å². The van der Waals surface area contributed by atoms with Crippen molar-refractivity contribution in [3.8, 4) is 0 Å². The molecule has 0 fully saturated rings. The number of rotatable bonds is 4. The zero-order valence-electron chi connectivity index (χ0n) is 7.76.